The van der Waals surface area contributed by atoms with Gasteiger partial charge in [-0.15, -0.1) is 0 Å². The van der Waals surface area contributed by atoms with Crippen LogP contribution in [0.1, 0.15) is 71.8 Å². The molecule has 1 amide bonds. The van der Waals surface area contributed by atoms with Gasteiger partial charge in [-0.3, -0.25) is 0 Å². The quantitative estimate of drug-likeness (QED) is 0.611. The van der Waals surface area contributed by atoms with Crippen LogP contribution in [0.15, 0.2) is 30.3 Å². The molecule has 3 nitrogen and oxygen atoms in total. The summed E-state index contributed by atoms with van der Waals surface area (Å²) in [5, 5.41) is 0. The third-order valence-electron chi connectivity index (χ3n) is 6.71. The highest BCUT2D eigenvalue weighted by atomic mass is 16.6. The minimum Gasteiger partial charge on any atom is -0.446 e. The van der Waals surface area contributed by atoms with Crippen molar-refractivity contribution in [1.29, 1.82) is 0 Å². The fraction of sp³-hybridized carbons (Fsp3) is 0.600. The molecule has 1 aliphatic carbocycles. The van der Waals surface area contributed by atoms with Gasteiger partial charge in [0.2, 0.25) is 0 Å². The van der Waals surface area contributed by atoms with Gasteiger partial charge in [0.05, 0.1) is 0 Å². The molecule has 2 fully saturated rings. The summed E-state index contributed by atoms with van der Waals surface area (Å²) in [6.45, 7) is 8.86. The van der Waals surface area contributed by atoms with E-state index >= 15 is 0 Å². The van der Waals surface area contributed by atoms with Gasteiger partial charge in [-0.1, -0.05) is 63.9 Å². The van der Waals surface area contributed by atoms with Crippen LogP contribution in [0.2, 0.25) is 0 Å². The molecule has 1 aromatic carbocycles. The molecular formula is C25H36NO2. The maximum atomic E-state index is 13.2. The molecule has 3 heteroatoms. The van der Waals surface area contributed by atoms with Crippen LogP contribution in [0.4, 0.5) is 4.79 Å². The summed E-state index contributed by atoms with van der Waals surface area (Å²) in [7, 11) is 0. The van der Waals surface area contributed by atoms with E-state index in [0.29, 0.717) is 5.92 Å². The predicted molar refractivity (Wildman–Crippen MR) is 115 cm³/mol. The van der Waals surface area contributed by atoms with E-state index in [1.165, 1.54) is 12.0 Å². The number of rotatable bonds is 5. The fourth-order valence-corrected chi connectivity index (χ4v) is 5.01. The van der Waals surface area contributed by atoms with Crippen molar-refractivity contribution in [2.24, 2.45) is 5.92 Å². The van der Waals surface area contributed by atoms with E-state index in [1.54, 1.807) is 0 Å². The second-order valence-corrected chi connectivity index (χ2v) is 8.98. The lowest BCUT2D eigenvalue weighted by Crippen LogP contribution is -2.52. The minimum atomic E-state index is -0.146. The first-order valence-electron chi connectivity index (χ1n) is 11.0. The van der Waals surface area contributed by atoms with Crippen molar-refractivity contribution < 1.29 is 9.53 Å². The Balaban J connectivity index is 1.76. The monoisotopic (exact) mass is 382 g/mol. The van der Waals surface area contributed by atoms with E-state index in [-0.39, 0.29) is 29.7 Å². The third-order valence-corrected chi connectivity index (χ3v) is 6.71. The number of nitrogens with zero attached hydrogens (tertiary/aromatic N) is 1. The smallest absolute Gasteiger partial charge is 0.410 e. The Bertz CT molecular complexity index is 625. The highest BCUT2D eigenvalue weighted by molar-refractivity contribution is 5.70. The Kier molecular flexibility index (Phi) is 7.06. The number of likely N-dealkylation sites (tertiary alicyclic amines) is 1. The fourth-order valence-electron chi connectivity index (χ4n) is 5.01. The van der Waals surface area contributed by atoms with Gasteiger partial charge in [-0.05, 0) is 62.8 Å². The molecule has 1 heterocycles. The van der Waals surface area contributed by atoms with Crippen molar-refractivity contribution in [3.8, 4) is 0 Å². The number of amides is 1. The number of hydrogen-bond acceptors (Lipinski definition) is 2. The Morgan fingerprint density at radius 2 is 1.86 bits per heavy atom. The number of ether oxygens (including phenoxy) is 1. The van der Waals surface area contributed by atoms with Gasteiger partial charge in [0.25, 0.3) is 0 Å². The van der Waals surface area contributed by atoms with E-state index < -0.39 is 0 Å². The van der Waals surface area contributed by atoms with Crippen molar-refractivity contribution in [2.45, 2.75) is 89.8 Å². The molecular weight excluding hydrogens is 346 g/mol. The zero-order chi connectivity index (χ0) is 20.1. The maximum Gasteiger partial charge on any atom is 0.410 e. The lowest BCUT2D eigenvalue weighted by atomic mass is 9.66. The molecule has 1 saturated heterocycles. The predicted octanol–water partition coefficient (Wildman–Crippen LogP) is 6.15. The molecule has 1 aromatic rings. The first kappa shape index (κ1) is 21.2. The largest absolute Gasteiger partial charge is 0.446 e. The number of hydrogen-bond donors (Lipinski definition) is 0. The van der Waals surface area contributed by atoms with Crippen LogP contribution in [-0.2, 0) is 10.2 Å². The Labute approximate surface area is 171 Å². The summed E-state index contributed by atoms with van der Waals surface area (Å²) >= 11 is 0. The van der Waals surface area contributed by atoms with Crippen LogP contribution in [0.25, 0.3) is 0 Å². The van der Waals surface area contributed by atoms with Crippen LogP contribution >= 0.6 is 0 Å². The van der Waals surface area contributed by atoms with Crippen LogP contribution in [0.3, 0.4) is 0 Å². The molecule has 0 unspecified atom stereocenters. The van der Waals surface area contributed by atoms with Crippen LogP contribution < -0.4 is 0 Å². The summed E-state index contributed by atoms with van der Waals surface area (Å²) in [5.74, 6) is 0.344. The van der Waals surface area contributed by atoms with Crippen molar-refractivity contribution in [2.75, 3.05) is 0 Å². The van der Waals surface area contributed by atoms with E-state index in [4.69, 9.17) is 4.74 Å². The van der Waals surface area contributed by atoms with Gasteiger partial charge in [0, 0.05) is 18.0 Å². The first-order valence-corrected chi connectivity index (χ1v) is 11.0. The molecule has 1 saturated carbocycles. The Morgan fingerprint density at radius 3 is 2.57 bits per heavy atom. The molecule has 3 radical (unpaired) electrons. The standard InChI is InChI=1S/C25H36NO2/c1-5-12-21-16-11-13-19(2)26(21)24(27)28-23-18-10-9-17-22(23)25(3,4)20-14-7-6-8-15-20/h6-8,11,13-16,19,21-23H,5,9-10,12,17-18H2,1-4H3/t19-,21+,22+,23+/m0/s1. The molecule has 153 valence electrons. The zero-order valence-corrected chi connectivity index (χ0v) is 17.9. The molecule has 0 N–H and O–H groups in total. The molecule has 3 rings (SSSR count). The maximum absolute atomic E-state index is 13.2. The first-order chi connectivity index (χ1) is 13.4. The summed E-state index contributed by atoms with van der Waals surface area (Å²) in [4.78, 5) is 15.2. The van der Waals surface area contributed by atoms with Gasteiger partial charge in [0.15, 0.2) is 0 Å². The van der Waals surface area contributed by atoms with Crippen LogP contribution in [0.5, 0.6) is 0 Å². The third kappa shape index (κ3) is 4.55. The van der Waals surface area contributed by atoms with Crippen LogP contribution in [-0.4, -0.2) is 29.2 Å². The Morgan fingerprint density at radius 1 is 1.14 bits per heavy atom. The summed E-state index contributed by atoms with van der Waals surface area (Å²) in [6, 6.07) is 10.9. The average molecular weight is 383 g/mol. The molecule has 4 atom stereocenters. The second kappa shape index (κ2) is 9.33. The van der Waals surface area contributed by atoms with Gasteiger partial charge in [0.1, 0.15) is 6.10 Å². The number of carbonyl (C=O) groups is 1. The molecule has 0 spiro atoms. The topological polar surface area (TPSA) is 29.5 Å². The van der Waals surface area contributed by atoms with E-state index in [9.17, 15) is 4.79 Å². The van der Waals surface area contributed by atoms with Gasteiger partial charge < -0.3 is 9.64 Å². The van der Waals surface area contributed by atoms with Crippen molar-refractivity contribution in [3.05, 3.63) is 55.2 Å². The molecule has 1 aliphatic heterocycles. The van der Waals surface area contributed by atoms with Crippen molar-refractivity contribution in [3.63, 3.8) is 0 Å². The molecule has 0 bridgehead atoms. The van der Waals surface area contributed by atoms with Crippen molar-refractivity contribution in [1.82, 2.24) is 4.90 Å². The normalized spacial score (nSPS) is 28.8. The molecule has 28 heavy (non-hydrogen) atoms. The lowest BCUT2D eigenvalue weighted by Gasteiger charge is -2.45. The molecule has 0 aromatic heterocycles. The van der Waals surface area contributed by atoms with E-state index in [1.807, 2.05) is 4.90 Å². The SMILES string of the molecule is CCC[C@@H]1[CH][CH][CH][C@H](C)N1C(=O)O[C@@H]1CCCC[C@H]1C(C)(C)c1ccccc1. The molecule has 2 aliphatic rings. The van der Waals surface area contributed by atoms with Gasteiger partial charge in [-0.2, -0.15) is 0 Å². The van der Waals surface area contributed by atoms with Crippen molar-refractivity contribution >= 4 is 6.09 Å². The zero-order valence-electron chi connectivity index (χ0n) is 17.9. The number of piperidine rings is 1. The highest BCUT2D eigenvalue weighted by Crippen LogP contribution is 2.42. The minimum absolute atomic E-state index is 0.0168. The van der Waals surface area contributed by atoms with E-state index in [0.717, 1.165) is 32.1 Å². The second-order valence-electron chi connectivity index (χ2n) is 8.98. The number of benzene rings is 1. The lowest BCUT2D eigenvalue weighted by molar-refractivity contribution is -0.0153. The Hall–Kier alpha value is -1.51. The van der Waals surface area contributed by atoms with Gasteiger partial charge >= 0.3 is 6.09 Å². The highest BCUT2D eigenvalue weighted by Gasteiger charge is 2.42. The number of carbonyl (C=O) groups excluding carboxylic acids is 1. The van der Waals surface area contributed by atoms with Crippen LogP contribution in [0, 0.1) is 25.2 Å². The summed E-state index contributed by atoms with van der Waals surface area (Å²) in [5.41, 5.74) is 1.31. The summed E-state index contributed by atoms with van der Waals surface area (Å²) in [6.07, 6.45) is 12.6. The average Bonchev–Trinajstić information content (AvgIpc) is 2.69. The van der Waals surface area contributed by atoms with E-state index in [2.05, 4.69) is 77.3 Å². The summed E-state index contributed by atoms with van der Waals surface area (Å²) < 4.78 is 6.23. The van der Waals surface area contributed by atoms with Gasteiger partial charge in [-0.25, -0.2) is 4.79 Å².